The van der Waals surface area contributed by atoms with Gasteiger partial charge >= 0.3 is 11.0 Å². The molecule has 14 heavy (non-hydrogen) atoms. The highest BCUT2D eigenvalue weighted by molar-refractivity contribution is 7.15. The van der Waals surface area contributed by atoms with E-state index in [1.54, 1.807) is 13.0 Å². The molecule has 1 rings (SSSR count). The van der Waals surface area contributed by atoms with E-state index in [0.29, 0.717) is 11.5 Å². The van der Waals surface area contributed by atoms with Crippen molar-refractivity contribution >= 4 is 22.3 Å². The summed E-state index contributed by atoms with van der Waals surface area (Å²) in [4.78, 5) is 21.5. The summed E-state index contributed by atoms with van der Waals surface area (Å²) in [6.07, 6.45) is 0.104. The molecule has 0 saturated heterocycles. The largest absolute Gasteiger partial charge is 0.466 e. The first kappa shape index (κ1) is 10.6. The minimum atomic E-state index is -0.473. The van der Waals surface area contributed by atoms with Gasteiger partial charge in [0.1, 0.15) is 0 Å². The molecule has 0 saturated carbocycles. The van der Waals surface area contributed by atoms with Crippen LogP contribution in [-0.2, 0) is 16.0 Å². The van der Waals surface area contributed by atoms with E-state index in [-0.39, 0.29) is 17.4 Å². The molecule has 0 aromatic carbocycles. The van der Waals surface area contributed by atoms with Crippen molar-refractivity contribution < 1.29 is 14.5 Å². The van der Waals surface area contributed by atoms with Gasteiger partial charge in [0.2, 0.25) is 0 Å². The molecule has 6 heteroatoms. The van der Waals surface area contributed by atoms with Crippen LogP contribution >= 0.6 is 11.3 Å². The molecule has 1 aromatic rings. The van der Waals surface area contributed by atoms with Crippen LogP contribution in [0.2, 0.25) is 0 Å². The van der Waals surface area contributed by atoms with Crippen LogP contribution in [0.3, 0.4) is 0 Å². The Morgan fingerprint density at radius 3 is 2.86 bits per heavy atom. The molecule has 0 amide bonds. The molecule has 0 aliphatic heterocycles. The Hall–Kier alpha value is -1.43. The average molecular weight is 215 g/mol. The number of nitro groups is 1. The maximum atomic E-state index is 11.0. The lowest BCUT2D eigenvalue weighted by Gasteiger charge is -1.97. The molecule has 0 N–H and O–H groups in total. The van der Waals surface area contributed by atoms with Crippen LogP contribution in [-0.4, -0.2) is 17.5 Å². The number of rotatable bonds is 4. The number of hydrogen-bond donors (Lipinski definition) is 0. The third kappa shape index (κ3) is 2.81. The first-order chi connectivity index (χ1) is 6.63. The Balaban J connectivity index is 2.59. The smallest absolute Gasteiger partial charge is 0.324 e. The zero-order valence-corrected chi connectivity index (χ0v) is 8.37. The highest BCUT2D eigenvalue weighted by atomic mass is 32.1. The van der Waals surface area contributed by atoms with Crippen LogP contribution in [0.25, 0.3) is 0 Å². The fourth-order valence-corrected chi connectivity index (χ4v) is 1.72. The van der Waals surface area contributed by atoms with Crippen molar-refractivity contribution in [2.45, 2.75) is 13.3 Å². The van der Waals surface area contributed by atoms with Crippen LogP contribution < -0.4 is 0 Å². The molecule has 1 heterocycles. The van der Waals surface area contributed by atoms with Crippen molar-refractivity contribution in [1.82, 2.24) is 0 Å². The van der Waals surface area contributed by atoms with Gasteiger partial charge in [-0.25, -0.2) is 0 Å². The summed E-state index contributed by atoms with van der Waals surface area (Å²) < 4.78 is 4.71. The number of nitrogens with zero attached hydrogens (tertiary/aromatic N) is 1. The van der Waals surface area contributed by atoms with Gasteiger partial charge in [-0.05, 0) is 13.0 Å². The molecule has 76 valence electrons. The molecular weight excluding hydrogens is 206 g/mol. The van der Waals surface area contributed by atoms with Crippen molar-refractivity contribution in [2.24, 2.45) is 0 Å². The maximum Gasteiger partial charge on any atom is 0.324 e. The van der Waals surface area contributed by atoms with Crippen LogP contribution in [0.1, 0.15) is 11.8 Å². The van der Waals surface area contributed by atoms with E-state index in [9.17, 15) is 14.9 Å². The lowest BCUT2D eigenvalue weighted by molar-refractivity contribution is -0.380. The van der Waals surface area contributed by atoms with Gasteiger partial charge in [0, 0.05) is 10.9 Å². The molecule has 0 aliphatic rings. The van der Waals surface area contributed by atoms with Gasteiger partial charge in [-0.15, -0.1) is 0 Å². The fraction of sp³-hybridized carbons (Fsp3) is 0.375. The van der Waals surface area contributed by atoms with Gasteiger partial charge in [0.25, 0.3) is 0 Å². The number of carbonyl (C=O) groups is 1. The molecular formula is C8H9NO4S. The Labute approximate surface area is 84.5 Å². The van der Waals surface area contributed by atoms with Crippen LogP contribution in [0, 0.1) is 10.1 Å². The standard InChI is InChI=1S/C8H9NO4S/c1-2-13-8(10)5-6-3-4-7(14-6)9(11)12/h3-4H,2,5H2,1H3. The quantitative estimate of drug-likeness (QED) is 0.436. The topological polar surface area (TPSA) is 69.4 Å². The van der Waals surface area contributed by atoms with Gasteiger partial charge in [-0.2, -0.15) is 0 Å². The Kier molecular flexibility index (Phi) is 3.58. The van der Waals surface area contributed by atoms with E-state index in [4.69, 9.17) is 4.74 Å². The van der Waals surface area contributed by atoms with Crippen LogP contribution in [0.15, 0.2) is 12.1 Å². The molecule has 1 aromatic heterocycles. The Morgan fingerprint density at radius 2 is 2.36 bits per heavy atom. The third-order valence-corrected chi connectivity index (χ3v) is 2.49. The summed E-state index contributed by atoms with van der Waals surface area (Å²) in [5.41, 5.74) is 0. The molecule has 0 bridgehead atoms. The molecule has 0 unspecified atom stereocenters. The van der Waals surface area contributed by atoms with Crippen molar-refractivity contribution in [3.8, 4) is 0 Å². The Morgan fingerprint density at radius 1 is 1.64 bits per heavy atom. The monoisotopic (exact) mass is 215 g/mol. The summed E-state index contributed by atoms with van der Waals surface area (Å²) in [5.74, 6) is -0.357. The van der Waals surface area contributed by atoms with Crippen molar-refractivity contribution in [1.29, 1.82) is 0 Å². The van der Waals surface area contributed by atoms with Crippen molar-refractivity contribution in [3.05, 3.63) is 27.1 Å². The number of hydrogen-bond acceptors (Lipinski definition) is 5. The lowest BCUT2D eigenvalue weighted by Crippen LogP contribution is -2.06. The Bertz CT molecular complexity index is 347. The second kappa shape index (κ2) is 4.71. The number of ether oxygens (including phenoxy) is 1. The van der Waals surface area contributed by atoms with Crippen LogP contribution in [0.5, 0.6) is 0 Å². The second-order valence-corrected chi connectivity index (χ2v) is 3.63. The number of esters is 1. The number of thiophene rings is 1. The van der Waals surface area contributed by atoms with E-state index >= 15 is 0 Å². The average Bonchev–Trinajstić information content (AvgIpc) is 2.53. The second-order valence-electron chi connectivity index (χ2n) is 2.48. The first-order valence-corrected chi connectivity index (χ1v) is 4.84. The SMILES string of the molecule is CCOC(=O)Cc1ccc([N+](=O)[O-])s1. The van der Waals surface area contributed by atoms with Gasteiger partial charge in [0.15, 0.2) is 0 Å². The predicted octanol–water partition coefficient (Wildman–Crippen LogP) is 1.76. The van der Waals surface area contributed by atoms with E-state index in [0.717, 1.165) is 11.3 Å². The zero-order valence-electron chi connectivity index (χ0n) is 7.56. The highest BCUT2D eigenvalue weighted by Gasteiger charge is 2.12. The van der Waals surface area contributed by atoms with Gasteiger partial charge in [-0.1, -0.05) is 11.3 Å². The minimum absolute atomic E-state index is 0.0456. The van der Waals surface area contributed by atoms with E-state index < -0.39 is 4.92 Å². The molecule has 5 nitrogen and oxygen atoms in total. The summed E-state index contributed by atoms with van der Waals surface area (Å²) >= 11 is 0.995. The fourth-order valence-electron chi connectivity index (χ4n) is 0.914. The summed E-state index contributed by atoms with van der Waals surface area (Å²) in [5, 5.41) is 10.4. The van der Waals surface area contributed by atoms with Gasteiger partial charge in [0.05, 0.1) is 18.0 Å². The van der Waals surface area contributed by atoms with Crippen molar-refractivity contribution in [2.75, 3.05) is 6.61 Å². The molecule has 0 atom stereocenters. The molecule has 0 spiro atoms. The van der Waals surface area contributed by atoms with Gasteiger partial charge < -0.3 is 4.74 Å². The van der Waals surface area contributed by atoms with E-state index in [2.05, 4.69) is 0 Å². The minimum Gasteiger partial charge on any atom is -0.466 e. The first-order valence-electron chi connectivity index (χ1n) is 4.02. The van der Waals surface area contributed by atoms with E-state index in [1.807, 2.05) is 0 Å². The van der Waals surface area contributed by atoms with E-state index in [1.165, 1.54) is 6.07 Å². The van der Waals surface area contributed by atoms with Gasteiger partial charge in [-0.3, -0.25) is 14.9 Å². The van der Waals surface area contributed by atoms with Crippen LogP contribution in [0.4, 0.5) is 5.00 Å². The lowest BCUT2D eigenvalue weighted by atomic mass is 10.3. The summed E-state index contributed by atoms with van der Waals surface area (Å²) in [6, 6.07) is 2.96. The normalized spacial score (nSPS) is 9.79. The third-order valence-electron chi connectivity index (χ3n) is 1.45. The predicted molar refractivity (Wildman–Crippen MR) is 51.3 cm³/mol. The van der Waals surface area contributed by atoms with Crippen molar-refractivity contribution in [3.63, 3.8) is 0 Å². The molecule has 0 fully saturated rings. The summed E-state index contributed by atoms with van der Waals surface area (Å²) in [6.45, 7) is 2.04. The zero-order chi connectivity index (χ0) is 10.6. The molecule has 0 aliphatic carbocycles. The highest BCUT2D eigenvalue weighted by Crippen LogP contribution is 2.24. The summed E-state index contributed by atoms with van der Waals surface area (Å²) in [7, 11) is 0. The number of carbonyl (C=O) groups excluding carboxylic acids is 1. The molecule has 0 radical (unpaired) electrons. The maximum absolute atomic E-state index is 11.0.